The first-order valence-electron chi connectivity index (χ1n) is 6.92. The second kappa shape index (κ2) is 3.58. The molecule has 4 nitrogen and oxygen atoms in total. The predicted molar refractivity (Wildman–Crippen MR) is 73.8 cm³/mol. The van der Waals surface area contributed by atoms with Crippen LogP contribution < -0.4 is 5.32 Å². The normalized spacial score (nSPS) is 31.6. The molecule has 1 aliphatic heterocycles. The van der Waals surface area contributed by atoms with E-state index in [4.69, 9.17) is 4.74 Å². The highest BCUT2D eigenvalue weighted by Gasteiger charge is 2.68. The van der Waals surface area contributed by atoms with Gasteiger partial charge in [-0.3, -0.25) is 5.10 Å². The van der Waals surface area contributed by atoms with Crippen molar-refractivity contribution < 1.29 is 4.74 Å². The van der Waals surface area contributed by atoms with Crippen LogP contribution in [-0.4, -0.2) is 27.9 Å². The standard InChI is InChI=1S/C15H19N3O/c1-14(2)15(6-12(15)9-19-14)16-7-10-3-4-11-8-17-18-13(11)5-10/h3-5,8,12,16H,6-7,9H2,1-2H3,(H,17,18). The largest absolute Gasteiger partial charge is 0.373 e. The molecule has 2 fully saturated rings. The van der Waals surface area contributed by atoms with Gasteiger partial charge in [0, 0.05) is 17.8 Å². The predicted octanol–water partition coefficient (Wildman–Crippen LogP) is 2.22. The molecular formula is C15H19N3O. The number of aromatic amines is 1. The summed E-state index contributed by atoms with van der Waals surface area (Å²) in [7, 11) is 0. The van der Waals surface area contributed by atoms with Crippen molar-refractivity contribution in [2.24, 2.45) is 5.92 Å². The molecule has 1 saturated heterocycles. The van der Waals surface area contributed by atoms with E-state index in [0.29, 0.717) is 5.92 Å². The number of rotatable bonds is 3. The van der Waals surface area contributed by atoms with Crippen LogP contribution in [-0.2, 0) is 11.3 Å². The van der Waals surface area contributed by atoms with Crippen LogP contribution in [0.15, 0.2) is 24.4 Å². The first-order chi connectivity index (χ1) is 9.11. The van der Waals surface area contributed by atoms with E-state index < -0.39 is 0 Å². The number of nitrogens with one attached hydrogen (secondary N) is 2. The fraction of sp³-hybridized carbons (Fsp3) is 0.533. The molecule has 4 heteroatoms. The maximum atomic E-state index is 5.87. The van der Waals surface area contributed by atoms with E-state index in [9.17, 15) is 0 Å². The van der Waals surface area contributed by atoms with Crippen molar-refractivity contribution in [3.05, 3.63) is 30.0 Å². The van der Waals surface area contributed by atoms with Crippen molar-refractivity contribution in [3.63, 3.8) is 0 Å². The average molecular weight is 257 g/mol. The molecule has 4 rings (SSSR count). The van der Waals surface area contributed by atoms with E-state index in [1.807, 2.05) is 6.20 Å². The Hall–Kier alpha value is -1.39. The fourth-order valence-corrected chi connectivity index (χ4v) is 3.49. The van der Waals surface area contributed by atoms with Crippen LogP contribution in [0, 0.1) is 5.92 Å². The van der Waals surface area contributed by atoms with Gasteiger partial charge >= 0.3 is 0 Å². The van der Waals surface area contributed by atoms with Crippen LogP contribution in [0.4, 0.5) is 0 Å². The van der Waals surface area contributed by atoms with E-state index in [-0.39, 0.29) is 11.1 Å². The third-order valence-electron chi connectivity index (χ3n) is 4.94. The molecule has 2 aliphatic rings. The second-order valence-electron chi connectivity index (χ2n) is 6.34. The summed E-state index contributed by atoms with van der Waals surface area (Å²) in [4.78, 5) is 0. The average Bonchev–Trinajstić information content (AvgIpc) is 2.82. The quantitative estimate of drug-likeness (QED) is 0.886. The number of hydrogen-bond donors (Lipinski definition) is 2. The summed E-state index contributed by atoms with van der Waals surface area (Å²) in [6, 6.07) is 6.46. The Bertz CT molecular complexity index is 633. The summed E-state index contributed by atoms with van der Waals surface area (Å²) in [6.45, 7) is 6.19. The van der Waals surface area contributed by atoms with E-state index in [1.54, 1.807) is 0 Å². The molecule has 1 aromatic carbocycles. The van der Waals surface area contributed by atoms with Crippen molar-refractivity contribution in [1.29, 1.82) is 0 Å². The number of ether oxygens (including phenoxy) is 1. The van der Waals surface area contributed by atoms with Crippen molar-refractivity contribution in [1.82, 2.24) is 15.5 Å². The fourth-order valence-electron chi connectivity index (χ4n) is 3.49. The molecule has 100 valence electrons. The Morgan fingerprint density at radius 2 is 2.37 bits per heavy atom. The van der Waals surface area contributed by atoms with E-state index in [1.165, 1.54) is 12.0 Å². The molecule has 2 heterocycles. The lowest BCUT2D eigenvalue weighted by atomic mass is 9.95. The number of fused-ring (bicyclic) bond motifs is 2. The number of hydrogen-bond acceptors (Lipinski definition) is 3. The minimum atomic E-state index is -0.0459. The molecule has 19 heavy (non-hydrogen) atoms. The van der Waals surface area contributed by atoms with Crippen LogP contribution in [0.25, 0.3) is 10.9 Å². The number of nitrogens with zero attached hydrogens (tertiary/aromatic N) is 1. The van der Waals surface area contributed by atoms with Crippen LogP contribution in [0.1, 0.15) is 25.8 Å². The van der Waals surface area contributed by atoms with Gasteiger partial charge in [-0.25, -0.2) is 0 Å². The molecule has 1 saturated carbocycles. The minimum absolute atomic E-state index is 0.0459. The number of aromatic nitrogens is 2. The van der Waals surface area contributed by atoms with Gasteiger partial charge in [-0.1, -0.05) is 12.1 Å². The molecule has 0 spiro atoms. The van der Waals surface area contributed by atoms with E-state index in [0.717, 1.165) is 24.1 Å². The van der Waals surface area contributed by atoms with E-state index >= 15 is 0 Å². The van der Waals surface area contributed by atoms with Gasteiger partial charge in [0.05, 0.1) is 29.5 Å². The molecule has 2 aromatic rings. The highest BCUT2D eigenvalue weighted by atomic mass is 16.5. The molecule has 1 aromatic heterocycles. The number of H-pyrrole nitrogens is 1. The van der Waals surface area contributed by atoms with Gasteiger partial charge in [0.25, 0.3) is 0 Å². The smallest absolute Gasteiger partial charge is 0.0811 e. The first kappa shape index (κ1) is 11.4. The van der Waals surface area contributed by atoms with E-state index in [2.05, 4.69) is 47.6 Å². The summed E-state index contributed by atoms with van der Waals surface area (Å²) >= 11 is 0. The lowest BCUT2D eigenvalue weighted by Gasteiger charge is -2.31. The molecule has 2 atom stereocenters. The summed E-state index contributed by atoms with van der Waals surface area (Å²) in [5, 5.41) is 12.0. The SMILES string of the molecule is CC1(C)OCC2CC21NCc1ccc2cn[nH]c2c1. The third kappa shape index (κ3) is 1.56. The Morgan fingerprint density at radius 1 is 1.47 bits per heavy atom. The summed E-state index contributed by atoms with van der Waals surface area (Å²) in [5.74, 6) is 0.693. The highest BCUT2D eigenvalue weighted by molar-refractivity contribution is 5.78. The maximum absolute atomic E-state index is 5.87. The summed E-state index contributed by atoms with van der Waals surface area (Å²) in [5.41, 5.74) is 2.54. The van der Waals surface area contributed by atoms with Gasteiger partial charge in [0.15, 0.2) is 0 Å². The van der Waals surface area contributed by atoms with Crippen molar-refractivity contribution >= 4 is 10.9 Å². The minimum Gasteiger partial charge on any atom is -0.373 e. The summed E-state index contributed by atoms with van der Waals surface area (Å²) in [6.07, 6.45) is 3.10. The summed E-state index contributed by atoms with van der Waals surface area (Å²) < 4.78 is 5.87. The zero-order valence-electron chi connectivity index (χ0n) is 11.4. The van der Waals surface area contributed by atoms with Gasteiger partial charge in [0.1, 0.15) is 0 Å². The highest BCUT2D eigenvalue weighted by Crippen LogP contribution is 2.57. The topological polar surface area (TPSA) is 49.9 Å². The van der Waals surface area contributed by atoms with Crippen molar-refractivity contribution in [2.45, 2.75) is 38.0 Å². The third-order valence-corrected chi connectivity index (χ3v) is 4.94. The monoisotopic (exact) mass is 257 g/mol. The molecule has 2 N–H and O–H groups in total. The Labute approximate surface area is 112 Å². The van der Waals surface area contributed by atoms with Gasteiger partial charge in [0.2, 0.25) is 0 Å². The van der Waals surface area contributed by atoms with Crippen LogP contribution in [0.3, 0.4) is 0 Å². The molecule has 0 radical (unpaired) electrons. The molecule has 0 amide bonds. The van der Waals surface area contributed by atoms with Crippen molar-refractivity contribution in [3.8, 4) is 0 Å². The Morgan fingerprint density at radius 3 is 3.11 bits per heavy atom. The second-order valence-corrected chi connectivity index (χ2v) is 6.34. The van der Waals surface area contributed by atoms with Gasteiger partial charge in [-0.05, 0) is 31.9 Å². The molecule has 2 unspecified atom stereocenters. The van der Waals surface area contributed by atoms with Gasteiger partial charge in [-0.15, -0.1) is 0 Å². The zero-order valence-corrected chi connectivity index (χ0v) is 11.4. The Kier molecular flexibility index (Phi) is 2.16. The van der Waals surface area contributed by atoms with Gasteiger partial charge < -0.3 is 10.1 Å². The van der Waals surface area contributed by atoms with Crippen molar-refractivity contribution in [2.75, 3.05) is 6.61 Å². The van der Waals surface area contributed by atoms with Crippen LogP contribution >= 0.6 is 0 Å². The number of benzene rings is 1. The lowest BCUT2D eigenvalue weighted by molar-refractivity contribution is -0.00992. The van der Waals surface area contributed by atoms with Crippen LogP contribution in [0.2, 0.25) is 0 Å². The Balaban J connectivity index is 1.53. The van der Waals surface area contributed by atoms with Gasteiger partial charge in [-0.2, -0.15) is 5.10 Å². The lowest BCUT2D eigenvalue weighted by Crippen LogP contribution is -2.48. The molecule has 1 aliphatic carbocycles. The molecular weight excluding hydrogens is 238 g/mol. The first-order valence-corrected chi connectivity index (χ1v) is 6.92. The van der Waals surface area contributed by atoms with Crippen LogP contribution in [0.5, 0.6) is 0 Å². The zero-order chi connectivity index (χ0) is 13.1. The molecule has 0 bridgehead atoms. The maximum Gasteiger partial charge on any atom is 0.0811 e.